The van der Waals surface area contributed by atoms with Crippen molar-refractivity contribution in [1.82, 2.24) is 0 Å². The molecule has 0 aromatic rings. The zero-order valence-corrected chi connectivity index (χ0v) is 9.36. The van der Waals surface area contributed by atoms with Gasteiger partial charge in [-0.3, -0.25) is 0 Å². The molecule has 1 N–H and O–H groups in total. The maximum atomic E-state index is 10.3. The second-order valence-electron chi connectivity index (χ2n) is 3.36. The first kappa shape index (κ1) is 12.6. The molecule has 0 bridgehead atoms. The minimum atomic E-state index is -1.69. The summed E-state index contributed by atoms with van der Waals surface area (Å²) in [5.41, 5.74) is 2.50. The predicted molar refractivity (Wildman–Crippen MR) is 58.1 cm³/mol. The molecule has 2 nitrogen and oxygen atoms in total. The van der Waals surface area contributed by atoms with Gasteiger partial charge in [0.25, 0.3) is 0 Å². The molecule has 0 fully saturated rings. The lowest BCUT2D eigenvalue weighted by Gasteiger charge is -1.97. The molecule has 76 valence electrons. The highest BCUT2D eigenvalue weighted by Gasteiger charge is 1.91. The van der Waals surface area contributed by atoms with E-state index in [4.69, 9.17) is 4.55 Å². The van der Waals surface area contributed by atoms with E-state index in [1.54, 1.807) is 0 Å². The Morgan fingerprint density at radius 1 is 1.31 bits per heavy atom. The molecule has 3 heteroatoms. The van der Waals surface area contributed by atoms with Crippen LogP contribution in [0.3, 0.4) is 0 Å². The summed E-state index contributed by atoms with van der Waals surface area (Å²) in [6.45, 7) is 6.13. The molecule has 0 aliphatic carbocycles. The van der Waals surface area contributed by atoms with Crippen molar-refractivity contribution in [2.24, 2.45) is 0 Å². The molecule has 0 rings (SSSR count). The minimum Gasteiger partial charge on any atom is -0.306 e. The third-order valence-electron chi connectivity index (χ3n) is 1.67. The van der Waals surface area contributed by atoms with E-state index in [0.717, 1.165) is 12.8 Å². The fourth-order valence-electron chi connectivity index (χ4n) is 0.904. The van der Waals surface area contributed by atoms with E-state index in [-0.39, 0.29) is 5.75 Å². The monoisotopic (exact) mass is 202 g/mol. The largest absolute Gasteiger partial charge is 0.306 e. The third-order valence-corrected chi connectivity index (χ3v) is 2.12. The van der Waals surface area contributed by atoms with Gasteiger partial charge < -0.3 is 4.55 Å². The van der Waals surface area contributed by atoms with Crippen molar-refractivity contribution in [1.29, 1.82) is 0 Å². The lowest BCUT2D eigenvalue weighted by Crippen LogP contribution is -1.91. The van der Waals surface area contributed by atoms with E-state index in [0.29, 0.717) is 0 Å². The summed E-state index contributed by atoms with van der Waals surface area (Å²) in [6, 6.07) is 0. The lowest BCUT2D eigenvalue weighted by molar-refractivity contribution is 0.567. The van der Waals surface area contributed by atoms with Gasteiger partial charge in [0.15, 0.2) is 11.1 Å². The zero-order valence-electron chi connectivity index (χ0n) is 8.54. The average molecular weight is 202 g/mol. The van der Waals surface area contributed by atoms with Gasteiger partial charge >= 0.3 is 0 Å². The van der Waals surface area contributed by atoms with Gasteiger partial charge in [0.1, 0.15) is 0 Å². The van der Waals surface area contributed by atoms with Crippen molar-refractivity contribution >= 4 is 11.1 Å². The minimum absolute atomic E-state index is 0.251. The Morgan fingerprint density at radius 3 is 2.38 bits per heavy atom. The smallest absolute Gasteiger partial charge is 0.156 e. The Labute approximate surface area is 83.0 Å². The quantitative estimate of drug-likeness (QED) is 0.550. The van der Waals surface area contributed by atoms with Crippen LogP contribution in [0.25, 0.3) is 0 Å². The number of hydrogen-bond donors (Lipinski definition) is 1. The molecular formula is C10H18O2S. The molecule has 1 unspecified atom stereocenters. The number of hydrogen-bond acceptors (Lipinski definition) is 1. The fourth-order valence-corrected chi connectivity index (χ4v) is 1.33. The van der Waals surface area contributed by atoms with Crippen LogP contribution in [0.1, 0.15) is 33.6 Å². The Balaban J connectivity index is 3.73. The maximum absolute atomic E-state index is 10.3. The Kier molecular flexibility index (Phi) is 6.82. The van der Waals surface area contributed by atoms with Crippen LogP contribution in [0, 0.1) is 0 Å². The molecule has 0 spiro atoms. The van der Waals surface area contributed by atoms with Gasteiger partial charge in [-0.15, -0.1) is 0 Å². The van der Waals surface area contributed by atoms with E-state index in [9.17, 15) is 4.21 Å². The molecule has 13 heavy (non-hydrogen) atoms. The summed E-state index contributed by atoms with van der Waals surface area (Å²) < 4.78 is 18.9. The summed E-state index contributed by atoms with van der Waals surface area (Å²) in [6.07, 6.45) is 5.99. The second kappa shape index (κ2) is 7.04. The SMILES string of the molecule is CC(C)=CCC/C(C)=C/CS(=O)O. The first-order chi connectivity index (χ1) is 6.02. The molecule has 0 aromatic carbocycles. The number of rotatable bonds is 5. The van der Waals surface area contributed by atoms with Crippen LogP contribution in [-0.4, -0.2) is 14.5 Å². The highest BCUT2D eigenvalue weighted by atomic mass is 32.2. The van der Waals surface area contributed by atoms with Crippen molar-refractivity contribution in [3.63, 3.8) is 0 Å². The van der Waals surface area contributed by atoms with Gasteiger partial charge in [-0.1, -0.05) is 23.3 Å². The van der Waals surface area contributed by atoms with Crippen LogP contribution in [0.4, 0.5) is 0 Å². The van der Waals surface area contributed by atoms with Crippen LogP contribution >= 0.6 is 0 Å². The molecule has 0 heterocycles. The van der Waals surface area contributed by atoms with Crippen LogP contribution in [-0.2, 0) is 11.1 Å². The molecule has 0 aliphatic rings. The molecule has 0 radical (unpaired) electrons. The van der Waals surface area contributed by atoms with Crippen LogP contribution in [0.2, 0.25) is 0 Å². The van der Waals surface area contributed by atoms with Crippen molar-refractivity contribution in [3.05, 3.63) is 23.3 Å². The molecule has 0 aliphatic heterocycles. The topological polar surface area (TPSA) is 37.3 Å². The summed E-state index contributed by atoms with van der Waals surface area (Å²) in [5, 5.41) is 0. The Hall–Kier alpha value is -0.410. The van der Waals surface area contributed by atoms with Crippen LogP contribution in [0.15, 0.2) is 23.3 Å². The molecule has 1 atom stereocenters. The highest BCUT2D eigenvalue weighted by molar-refractivity contribution is 7.79. The molecule has 0 saturated heterocycles. The third kappa shape index (κ3) is 9.50. The molecule has 0 aromatic heterocycles. The molecule has 0 amide bonds. The van der Waals surface area contributed by atoms with Gasteiger partial charge in [-0.2, -0.15) is 0 Å². The average Bonchev–Trinajstić information content (AvgIpc) is 2.00. The van der Waals surface area contributed by atoms with E-state index in [2.05, 4.69) is 19.9 Å². The first-order valence-corrected chi connectivity index (χ1v) is 5.66. The normalized spacial score (nSPS) is 14.0. The maximum Gasteiger partial charge on any atom is 0.156 e. The number of allylic oxidation sites excluding steroid dienone is 3. The lowest BCUT2D eigenvalue weighted by atomic mass is 10.1. The van der Waals surface area contributed by atoms with E-state index < -0.39 is 11.1 Å². The van der Waals surface area contributed by atoms with Crippen molar-refractivity contribution < 1.29 is 8.76 Å². The summed E-state index contributed by atoms with van der Waals surface area (Å²) in [4.78, 5) is 0. The highest BCUT2D eigenvalue weighted by Crippen LogP contribution is 2.06. The van der Waals surface area contributed by atoms with Gasteiger partial charge in [-0.05, 0) is 33.6 Å². The summed E-state index contributed by atoms with van der Waals surface area (Å²) >= 11 is -1.69. The van der Waals surface area contributed by atoms with Gasteiger partial charge in [0.2, 0.25) is 0 Å². The Bertz CT molecular complexity index is 225. The zero-order chi connectivity index (χ0) is 10.3. The summed E-state index contributed by atoms with van der Waals surface area (Å²) in [5.74, 6) is 0.251. The first-order valence-electron chi connectivity index (χ1n) is 4.39. The van der Waals surface area contributed by atoms with Gasteiger partial charge in [0.05, 0.1) is 5.75 Å². The standard InChI is InChI=1S/C10H18O2S/c1-9(2)5-4-6-10(3)7-8-13(11)12/h5,7H,4,6,8H2,1-3H3,(H,11,12)/b10-7+. The summed E-state index contributed by atoms with van der Waals surface area (Å²) in [7, 11) is 0. The fraction of sp³-hybridized carbons (Fsp3) is 0.600. The molecular weight excluding hydrogens is 184 g/mol. The van der Waals surface area contributed by atoms with Gasteiger partial charge in [0, 0.05) is 0 Å². The Morgan fingerprint density at radius 2 is 1.92 bits per heavy atom. The predicted octanol–water partition coefficient (Wildman–Crippen LogP) is 2.90. The van der Waals surface area contributed by atoms with Crippen LogP contribution < -0.4 is 0 Å². The van der Waals surface area contributed by atoms with E-state index in [1.807, 2.05) is 13.0 Å². The molecule has 0 saturated carbocycles. The second-order valence-corrected chi connectivity index (χ2v) is 4.34. The van der Waals surface area contributed by atoms with Crippen LogP contribution in [0.5, 0.6) is 0 Å². The van der Waals surface area contributed by atoms with E-state index in [1.165, 1.54) is 11.1 Å². The van der Waals surface area contributed by atoms with Crippen molar-refractivity contribution in [2.75, 3.05) is 5.75 Å². The van der Waals surface area contributed by atoms with Crippen molar-refractivity contribution in [3.8, 4) is 0 Å². The van der Waals surface area contributed by atoms with Crippen molar-refractivity contribution in [2.45, 2.75) is 33.6 Å². The van der Waals surface area contributed by atoms with Gasteiger partial charge in [-0.25, -0.2) is 4.21 Å². The van der Waals surface area contributed by atoms with E-state index >= 15 is 0 Å².